The van der Waals surface area contributed by atoms with Crippen molar-refractivity contribution >= 4 is 0 Å². The molecule has 42 heavy (non-hydrogen) atoms. The lowest BCUT2D eigenvalue weighted by Gasteiger charge is -2.75. The van der Waals surface area contributed by atoms with E-state index in [2.05, 4.69) is 103 Å². The van der Waals surface area contributed by atoms with Gasteiger partial charge >= 0.3 is 0 Å². The molecular weight excluding hydrogens is 524 g/mol. The van der Waals surface area contributed by atoms with E-state index < -0.39 is 11.1 Å². The number of ether oxygens (including phenoxy) is 4. The number of hydrogen-bond donors (Lipinski definition) is 1. The van der Waals surface area contributed by atoms with Gasteiger partial charge in [0.25, 0.3) is 0 Å². The number of likely N-dealkylation sites (N-methyl/N-ethyl adjacent to an activating group) is 2. The molecule has 4 aliphatic carbocycles. The van der Waals surface area contributed by atoms with Gasteiger partial charge < -0.3 is 29.2 Å². The second-order valence-electron chi connectivity index (χ2n) is 13.3. The van der Waals surface area contributed by atoms with Gasteiger partial charge in [-0.15, -0.1) is 0 Å². The topological polar surface area (TPSA) is 52.2 Å². The third-order valence-electron chi connectivity index (χ3n) is 11.9. The predicted molar refractivity (Wildman–Crippen MR) is 160 cm³/mol. The molecule has 7 atom stereocenters. The molecule has 7 unspecified atom stereocenters. The highest BCUT2D eigenvalue weighted by molar-refractivity contribution is 5.66. The Morgan fingerprint density at radius 3 is 2.55 bits per heavy atom. The molecule has 0 aromatic heterocycles. The standard InChI is InChI=1S/C36H38N2O4/c1-37-35-22-33-15-16-36(35,41-23-40-29(35)19-24-9-5-3-6-10-24)32-34(33)17-18-38(2)28(33)20-26-13-14-27(31(42-32)30(26)34)39-21-25-11-7-4-8-12-25/h3-16,28-29,32,37H,17-23H2,1-2H3. The zero-order valence-corrected chi connectivity index (χ0v) is 24.3. The van der Waals surface area contributed by atoms with Gasteiger partial charge in [-0.2, -0.15) is 0 Å². The largest absolute Gasteiger partial charge is 0.485 e. The number of piperidine rings is 1. The Morgan fingerprint density at radius 1 is 0.976 bits per heavy atom. The van der Waals surface area contributed by atoms with Gasteiger partial charge in [-0.3, -0.25) is 0 Å². The summed E-state index contributed by atoms with van der Waals surface area (Å²) in [6.45, 7) is 1.80. The Balaban J connectivity index is 1.21. The molecule has 3 heterocycles. The Kier molecular flexibility index (Phi) is 5.25. The zero-order valence-electron chi connectivity index (χ0n) is 24.3. The third-order valence-corrected chi connectivity index (χ3v) is 11.9. The lowest BCUT2D eigenvalue weighted by molar-refractivity contribution is -0.325. The second kappa shape index (κ2) is 8.70. The van der Waals surface area contributed by atoms with Crippen LogP contribution in [0.5, 0.6) is 11.5 Å². The Bertz CT molecular complexity index is 1580. The molecule has 3 spiro atoms. The van der Waals surface area contributed by atoms with Gasteiger partial charge in [0.05, 0.1) is 17.1 Å². The van der Waals surface area contributed by atoms with Crippen LogP contribution in [0.4, 0.5) is 0 Å². The molecule has 216 valence electrons. The summed E-state index contributed by atoms with van der Waals surface area (Å²) in [5.41, 5.74) is 3.79. The van der Waals surface area contributed by atoms with Crippen molar-refractivity contribution in [1.82, 2.24) is 10.2 Å². The summed E-state index contributed by atoms with van der Waals surface area (Å²) in [7, 11) is 4.41. The van der Waals surface area contributed by atoms with Crippen LogP contribution in [0.1, 0.15) is 35.1 Å². The van der Waals surface area contributed by atoms with E-state index >= 15 is 0 Å². The minimum Gasteiger partial charge on any atom is -0.485 e. The summed E-state index contributed by atoms with van der Waals surface area (Å²) in [6, 6.07) is 25.9. The van der Waals surface area contributed by atoms with Crippen molar-refractivity contribution in [2.24, 2.45) is 5.41 Å². The van der Waals surface area contributed by atoms with Gasteiger partial charge in [-0.1, -0.05) is 78.9 Å². The van der Waals surface area contributed by atoms with Crippen LogP contribution in [0.25, 0.3) is 0 Å². The molecule has 1 saturated carbocycles. The summed E-state index contributed by atoms with van der Waals surface area (Å²) in [5, 5.41) is 3.86. The van der Waals surface area contributed by atoms with Gasteiger partial charge in [-0.25, -0.2) is 0 Å². The molecule has 0 radical (unpaired) electrons. The first-order chi connectivity index (χ1) is 20.6. The maximum atomic E-state index is 7.33. The minimum absolute atomic E-state index is 0.0635. The Hall–Kier alpha value is -3.16. The summed E-state index contributed by atoms with van der Waals surface area (Å²) in [6.07, 6.45) is 8.47. The number of rotatable bonds is 6. The maximum Gasteiger partial charge on any atom is 0.166 e. The maximum absolute atomic E-state index is 7.33. The van der Waals surface area contributed by atoms with Crippen molar-refractivity contribution in [2.45, 2.75) is 67.1 Å². The van der Waals surface area contributed by atoms with Crippen molar-refractivity contribution in [1.29, 1.82) is 0 Å². The molecule has 1 N–H and O–H groups in total. The first-order valence-corrected chi connectivity index (χ1v) is 15.5. The van der Waals surface area contributed by atoms with E-state index in [9.17, 15) is 0 Å². The number of hydrogen-bond acceptors (Lipinski definition) is 6. The quantitative estimate of drug-likeness (QED) is 0.436. The molecule has 3 aromatic carbocycles. The zero-order chi connectivity index (χ0) is 28.2. The molecule has 3 aromatic rings. The lowest BCUT2D eigenvalue weighted by atomic mass is 9.35. The molecule has 0 amide bonds. The van der Waals surface area contributed by atoms with Gasteiger partial charge in [-0.05, 0) is 62.7 Å². The summed E-state index contributed by atoms with van der Waals surface area (Å²) < 4.78 is 27.4. The smallest absolute Gasteiger partial charge is 0.166 e. The normalized spacial score (nSPS) is 38.5. The van der Waals surface area contributed by atoms with Gasteiger partial charge in [0.2, 0.25) is 0 Å². The van der Waals surface area contributed by atoms with E-state index in [0.29, 0.717) is 12.6 Å². The van der Waals surface area contributed by atoms with E-state index in [-0.39, 0.29) is 29.8 Å². The van der Waals surface area contributed by atoms with Crippen LogP contribution in [0.3, 0.4) is 0 Å². The van der Waals surface area contributed by atoms with Crippen LogP contribution in [0.15, 0.2) is 84.9 Å². The van der Waals surface area contributed by atoms with E-state index in [4.69, 9.17) is 18.9 Å². The summed E-state index contributed by atoms with van der Waals surface area (Å²) >= 11 is 0. The molecule has 6 heteroatoms. The molecule has 3 fully saturated rings. The van der Waals surface area contributed by atoms with Crippen molar-refractivity contribution in [3.63, 3.8) is 0 Å². The third kappa shape index (κ3) is 2.90. The van der Waals surface area contributed by atoms with Crippen molar-refractivity contribution in [2.75, 3.05) is 27.4 Å². The van der Waals surface area contributed by atoms with Crippen LogP contribution in [-0.4, -0.2) is 61.7 Å². The number of nitrogens with one attached hydrogen (secondary N) is 1. The van der Waals surface area contributed by atoms with Crippen LogP contribution < -0.4 is 14.8 Å². The number of nitrogens with zero attached hydrogens (tertiary/aromatic N) is 1. The molecule has 6 nitrogen and oxygen atoms in total. The van der Waals surface area contributed by atoms with E-state index in [1.54, 1.807) is 0 Å². The average Bonchev–Trinajstić information content (AvgIpc) is 3.40. The molecule has 2 saturated heterocycles. The molecule has 3 aliphatic heterocycles. The fraction of sp³-hybridized carbons (Fsp3) is 0.444. The first kappa shape index (κ1) is 25.3. The lowest BCUT2D eigenvalue weighted by Crippen LogP contribution is -2.89. The van der Waals surface area contributed by atoms with Crippen molar-refractivity contribution in [3.05, 3.63) is 107 Å². The Morgan fingerprint density at radius 2 is 1.76 bits per heavy atom. The molecular formula is C36H38N2O4. The first-order valence-electron chi connectivity index (χ1n) is 15.5. The van der Waals surface area contributed by atoms with E-state index in [1.165, 1.54) is 16.7 Å². The number of likely N-dealkylation sites (tertiary alicyclic amines) is 1. The highest BCUT2D eigenvalue weighted by atomic mass is 16.7. The summed E-state index contributed by atoms with van der Waals surface area (Å²) in [5.74, 6) is 1.78. The molecule has 7 aliphatic rings. The van der Waals surface area contributed by atoms with Crippen LogP contribution in [0, 0.1) is 5.41 Å². The highest BCUT2D eigenvalue weighted by Gasteiger charge is 2.84. The van der Waals surface area contributed by atoms with Crippen LogP contribution in [0.2, 0.25) is 0 Å². The Labute approximate surface area is 247 Å². The average molecular weight is 563 g/mol. The highest BCUT2D eigenvalue weighted by Crippen LogP contribution is 2.76. The van der Waals surface area contributed by atoms with Gasteiger partial charge in [0, 0.05) is 23.4 Å². The molecule has 4 bridgehead atoms. The minimum atomic E-state index is -0.675. The second-order valence-corrected chi connectivity index (χ2v) is 13.3. The van der Waals surface area contributed by atoms with Crippen LogP contribution in [-0.2, 0) is 34.3 Å². The van der Waals surface area contributed by atoms with Crippen molar-refractivity contribution < 1.29 is 18.9 Å². The monoisotopic (exact) mass is 562 g/mol. The fourth-order valence-electron chi connectivity index (χ4n) is 10.2. The SMILES string of the molecule is CNC12CC34C=CC1(OCOC2Cc1ccccc1)C1Oc2c(OCc5ccccc5)ccc5c2C13CCN(C)C4C5. The predicted octanol–water partition coefficient (Wildman–Crippen LogP) is 4.80. The fourth-order valence-corrected chi connectivity index (χ4v) is 10.2. The van der Waals surface area contributed by atoms with E-state index in [1.807, 2.05) is 6.07 Å². The van der Waals surface area contributed by atoms with Crippen molar-refractivity contribution in [3.8, 4) is 11.5 Å². The van der Waals surface area contributed by atoms with Crippen LogP contribution >= 0.6 is 0 Å². The van der Waals surface area contributed by atoms with Gasteiger partial charge in [0.15, 0.2) is 11.5 Å². The molecule has 10 rings (SSSR count). The summed E-state index contributed by atoms with van der Waals surface area (Å²) in [4.78, 5) is 2.60. The number of benzene rings is 3. The van der Waals surface area contributed by atoms with E-state index in [0.717, 1.165) is 49.3 Å². The van der Waals surface area contributed by atoms with Gasteiger partial charge in [0.1, 0.15) is 25.1 Å².